The summed E-state index contributed by atoms with van der Waals surface area (Å²) in [5, 5.41) is 4.65. The monoisotopic (exact) mass is 432 g/mol. The van der Waals surface area contributed by atoms with E-state index < -0.39 is 5.79 Å². The summed E-state index contributed by atoms with van der Waals surface area (Å²) >= 11 is 6.18. The minimum absolute atomic E-state index is 0.0728. The van der Waals surface area contributed by atoms with Crippen LogP contribution < -0.4 is 14.9 Å². The zero-order chi connectivity index (χ0) is 21.4. The van der Waals surface area contributed by atoms with Crippen molar-refractivity contribution in [2.24, 2.45) is 5.10 Å². The molecule has 1 aliphatic heterocycles. The van der Waals surface area contributed by atoms with Gasteiger partial charge in [0, 0.05) is 10.6 Å². The van der Waals surface area contributed by atoms with Crippen LogP contribution in [0.1, 0.15) is 31.4 Å². The quantitative estimate of drug-likeness (QED) is 0.480. The number of benzene rings is 2. The predicted octanol–water partition coefficient (Wildman–Crippen LogP) is 3.92. The SMILES string of the molecule is CCOc1cc(/C=N\NC(=O)CC2(C)OCCO2)ccc1OCc1ccccc1Cl. The molecule has 1 aliphatic rings. The molecular formula is C22H25ClN2O5. The molecule has 0 atom stereocenters. The van der Waals surface area contributed by atoms with E-state index in [0.717, 1.165) is 11.1 Å². The van der Waals surface area contributed by atoms with Crippen molar-refractivity contribution in [1.29, 1.82) is 0 Å². The molecule has 1 fully saturated rings. The second-order valence-electron chi connectivity index (χ2n) is 6.82. The molecule has 7 nitrogen and oxygen atoms in total. The van der Waals surface area contributed by atoms with Crippen molar-refractivity contribution in [3.8, 4) is 11.5 Å². The fourth-order valence-electron chi connectivity index (χ4n) is 2.93. The number of carbonyl (C=O) groups excluding carboxylic acids is 1. The van der Waals surface area contributed by atoms with Crippen LogP contribution in [-0.2, 0) is 20.9 Å². The maximum absolute atomic E-state index is 12.0. The van der Waals surface area contributed by atoms with Gasteiger partial charge in [0.15, 0.2) is 17.3 Å². The zero-order valence-corrected chi connectivity index (χ0v) is 17.8. The van der Waals surface area contributed by atoms with Crippen LogP contribution in [-0.4, -0.2) is 37.7 Å². The van der Waals surface area contributed by atoms with Crippen molar-refractivity contribution in [2.45, 2.75) is 32.7 Å². The van der Waals surface area contributed by atoms with Crippen LogP contribution in [0.5, 0.6) is 11.5 Å². The molecular weight excluding hydrogens is 408 g/mol. The van der Waals surface area contributed by atoms with E-state index in [9.17, 15) is 4.79 Å². The predicted molar refractivity (Wildman–Crippen MR) is 114 cm³/mol. The molecule has 0 radical (unpaired) electrons. The maximum Gasteiger partial charge on any atom is 0.245 e. The third-order valence-electron chi connectivity index (χ3n) is 4.39. The van der Waals surface area contributed by atoms with Crippen LogP contribution >= 0.6 is 11.6 Å². The van der Waals surface area contributed by atoms with E-state index in [1.807, 2.05) is 37.3 Å². The minimum Gasteiger partial charge on any atom is -0.490 e. The largest absolute Gasteiger partial charge is 0.490 e. The van der Waals surface area contributed by atoms with Crippen LogP contribution in [0, 0.1) is 0 Å². The standard InChI is InChI=1S/C22H25ClN2O5/c1-3-27-20-12-16(14-24-25-21(26)13-22(2)29-10-11-30-22)8-9-19(20)28-15-17-6-4-5-7-18(17)23/h4-9,12,14H,3,10-11,13,15H2,1-2H3,(H,25,26)/b24-14-. The highest BCUT2D eigenvalue weighted by Crippen LogP contribution is 2.29. The lowest BCUT2D eigenvalue weighted by atomic mass is 10.2. The Morgan fingerprint density at radius 1 is 1.20 bits per heavy atom. The molecule has 2 aromatic rings. The Bertz CT molecular complexity index is 897. The van der Waals surface area contributed by atoms with E-state index in [1.54, 1.807) is 19.1 Å². The molecule has 0 unspecified atom stereocenters. The third kappa shape index (κ3) is 6.19. The van der Waals surface area contributed by atoms with Crippen LogP contribution in [0.2, 0.25) is 5.02 Å². The molecule has 1 amide bonds. The van der Waals surface area contributed by atoms with Gasteiger partial charge in [0.05, 0.1) is 32.5 Å². The molecule has 0 aromatic heterocycles. The summed E-state index contributed by atoms with van der Waals surface area (Å²) in [6, 6.07) is 12.9. The second-order valence-corrected chi connectivity index (χ2v) is 7.23. The van der Waals surface area contributed by atoms with Crippen LogP contribution in [0.4, 0.5) is 0 Å². The topological polar surface area (TPSA) is 78.4 Å². The summed E-state index contributed by atoms with van der Waals surface area (Å²) in [5.74, 6) is 0.00410. The first-order chi connectivity index (χ1) is 14.5. The Balaban J connectivity index is 1.60. The van der Waals surface area contributed by atoms with Gasteiger partial charge in [-0.3, -0.25) is 4.79 Å². The van der Waals surface area contributed by atoms with E-state index in [-0.39, 0.29) is 12.3 Å². The molecule has 0 saturated carbocycles. The Labute approximate surface area is 180 Å². The average molecular weight is 433 g/mol. The molecule has 0 bridgehead atoms. The normalized spacial score (nSPS) is 15.3. The van der Waals surface area contributed by atoms with E-state index in [2.05, 4.69) is 10.5 Å². The number of nitrogens with one attached hydrogen (secondary N) is 1. The van der Waals surface area contributed by atoms with Crippen LogP contribution in [0.25, 0.3) is 0 Å². The lowest BCUT2D eigenvalue weighted by molar-refractivity contribution is -0.159. The number of hydrogen-bond acceptors (Lipinski definition) is 6. The fourth-order valence-corrected chi connectivity index (χ4v) is 3.12. The summed E-state index contributed by atoms with van der Waals surface area (Å²) < 4.78 is 22.4. The highest BCUT2D eigenvalue weighted by Gasteiger charge is 2.33. The Morgan fingerprint density at radius 2 is 1.97 bits per heavy atom. The van der Waals surface area contributed by atoms with Gasteiger partial charge in [-0.1, -0.05) is 29.8 Å². The Hall–Kier alpha value is -2.61. The van der Waals surface area contributed by atoms with Crippen molar-refractivity contribution in [1.82, 2.24) is 5.43 Å². The van der Waals surface area contributed by atoms with Gasteiger partial charge in [0.25, 0.3) is 0 Å². The smallest absolute Gasteiger partial charge is 0.245 e. The number of hydrogen-bond donors (Lipinski definition) is 1. The van der Waals surface area contributed by atoms with E-state index in [0.29, 0.717) is 42.9 Å². The Kier molecular flexibility index (Phi) is 7.68. The number of ether oxygens (including phenoxy) is 4. The van der Waals surface area contributed by atoms with E-state index in [1.165, 1.54) is 6.21 Å². The van der Waals surface area contributed by atoms with Gasteiger partial charge in [0.1, 0.15) is 6.61 Å². The summed E-state index contributed by atoms with van der Waals surface area (Å²) in [5.41, 5.74) is 4.13. The van der Waals surface area contributed by atoms with Gasteiger partial charge < -0.3 is 18.9 Å². The minimum atomic E-state index is -0.887. The summed E-state index contributed by atoms with van der Waals surface area (Å²) in [7, 11) is 0. The number of amides is 1. The number of nitrogens with zero attached hydrogens (tertiary/aromatic N) is 1. The number of carbonyl (C=O) groups is 1. The summed E-state index contributed by atoms with van der Waals surface area (Å²) in [6.07, 6.45) is 1.61. The molecule has 3 rings (SSSR count). The maximum atomic E-state index is 12.0. The second kappa shape index (κ2) is 10.4. The molecule has 0 spiro atoms. The first kappa shape index (κ1) is 22.1. The molecule has 160 valence electrons. The summed E-state index contributed by atoms with van der Waals surface area (Å²) in [4.78, 5) is 12.0. The van der Waals surface area contributed by atoms with Crippen LogP contribution in [0.3, 0.4) is 0 Å². The molecule has 30 heavy (non-hydrogen) atoms. The van der Waals surface area contributed by atoms with Crippen molar-refractivity contribution < 1.29 is 23.7 Å². The first-order valence-corrected chi connectivity index (χ1v) is 10.1. The van der Waals surface area contributed by atoms with E-state index >= 15 is 0 Å². The van der Waals surface area contributed by atoms with Gasteiger partial charge >= 0.3 is 0 Å². The molecule has 1 saturated heterocycles. The van der Waals surface area contributed by atoms with Gasteiger partial charge in [-0.05, 0) is 43.7 Å². The fraction of sp³-hybridized carbons (Fsp3) is 0.364. The molecule has 2 aromatic carbocycles. The number of halogens is 1. The number of hydrazone groups is 1. The van der Waals surface area contributed by atoms with Crippen molar-refractivity contribution in [3.05, 3.63) is 58.6 Å². The van der Waals surface area contributed by atoms with Gasteiger partial charge in [-0.2, -0.15) is 5.10 Å². The third-order valence-corrected chi connectivity index (χ3v) is 4.76. The number of rotatable bonds is 9. The van der Waals surface area contributed by atoms with Crippen molar-refractivity contribution in [2.75, 3.05) is 19.8 Å². The Morgan fingerprint density at radius 3 is 2.70 bits per heavy atom. The van der Waals surface area contributed by atoms with Gasteiger partial charge in [-0.25, -0.2) is 5.43 Å². The zero-order valence-electron chi connectivity index (χ0n) is 17.0. The first-order valence-electron chi connectivity index (χ1n) is 9.72. The molecule has 0 aliphatic carbocycles. The lowest BCUT2D eigenvalue weighted by Crippen LogP contribution is -2.33. The molecule has 1 N–H and O–H groups in total. The van der Waals surface area contributed by atoms with E-state index in [4.69, 9.17) is 30.5 Å². The molecule has 1 heterocycles. The highest BCUT2D eigenvalue weighted by atomic mass is 35.5. The van der Waals surface area contributed by atoms with Crippen LogP contribution in [0.15, 0.2) is 47.6 Å². The lowest BCUT2D eigenvalue weighted by Gasteiger charge is -2.20. The average Bonchev–Trinajstić information content (AvgIpc) is 3.14. The van der Waals surface area contributed by atoms with Crippen molar-refractivity contribution >= 4 is 23.7 Å². The highest BCUT2D eigenvalue weighted by molar-refractivity contribution is 6.31. The van der Waals surface area contributed by atoms with Crippen molar-refractivity contribution in [3.63, 3.8) is 0 Å². The molecule has 8 heteroatoms. The van der Waals surface area contributed by atoms with Gasteiger partial charge in [0.2, 0.25) is 5.91 Å². The van der Waals surface area contributed by atoms with Gasteiger partial charge in [-0.15, -0.1) is 0 Å². The summed E-state index contributed by atoms with van der Waals surface area (Å²) in [6.45, 7) is 5.41.